The van der Waals surface area contributed by atoms with E-state index in [-0.39, 0.29) is 35.0 Å². The minimum Gasteiger partial charge on any atom is -0.444 e. The number of amides is 3. The molecule has 11 heteroatoms. The zero-order valence-corrected chi connectivity index (χ0v) is 23.3. The largest absolute Gasteiger partial charge is 0.444 e. The molecule has 200 valence electrons. The van der Waals surface area contributed by atoms with Crippen LogP contribution in [0.3, 0.4) is 0 Å². The van der Waals surface area contributed by atoms with Gasteiger partial charge in [0.1, 0.15) is 5.76 Å². The van der Waals surface area contributed by atoms with E-state index >= 15 is 0 Å². The molecule has 9 nitrogen and oxygen atoms in total. The van der Waals surface area contributed by atoms with Gasteiger partial charge in [0.15, 0.2) is 5.13 Å². The van der Waals surface area contributed by atoms with Crippen LogP contribution in [0.5, 0.6) is 0 Å². The van der Waals surface area contributed by atoms with Crippen molar-refractivity contribution < 1.29 is 18.8 Å². The number of anilines is 1. The van der Waals surface area contributed by atoms with Crippen LogP contribution in [-0.2, 0) is 25.6 Å². The van der Waals surface area contributed by atoms with Gasteiger partial charge in [0, 0.05) is 43.4 Å². The summed E-state index contributed by atoms with van der Waals surface area (Å²) in [5, 5.41) is 3.53. The molecule has 4 rings (SSSR count). The molecule has 2 aliphatic heterocycles. The molecule has 1 N–H and O–H groups in total. The molecular weight excluding hydrogens is 510 g/mol. The number of hydrogen-bond acceptors (Lipinski definition) is 8. The fourth-order valence-electron chi connectivity index (χ4n) is 4.54. The second kappa shape index (κ2) is 11.8. The van der Waals surface area contributed by atoms with Crippen molar-refractivity contribution in [2.45, 2.75) is 61.8 Å². The highest BCUT2D eigenvalue weighted by molar-refractivity contribution is 8.00. The van der Waals surface area contributed by atoms with Gasteiger partial charge in [-0.1, -0.05) is 38.7 Å². The van der Waals surface area contributed by atoms with Gasteiger partial charge in [0.2, 0.25) is 23.6 Å². The van der Waals surface area contributed by atoms with Gasteiger partial charge >= 0.3 is 0 Å². The third kappa shape index (κ3) is 7.01. The molecule has 0 spiro atoms. The summed E-state index contributed by atoms with van der Waals surface area (Å²) in [6, 6.07) is 0. The van der Waals surface area contributed by atoms with Crippen LogP contribution >= 0.6 is 23.1 Å². The van der Waals surface area contributed by atoms with Crippen molar-refractivity contribution >= 4 is 46.0 Å². The summed E-state index contributed by atoms with van der Waals surface area (Å²) in [6.07, 6.45) is 7.49. The minimum absolute atomic E-state index is 0.0447. The Morgan fingerprint density at radius 3 is 2.35 bits per heavy atom. The minimum atomic E-state index is -0.140. The number of nitrogens with one attached hydrogen (secondary N) is 1. The number of thioether (sulfide) groups is 1. The quantitative estimate of drug-likeness (QED) is 0.408. The molecule has 4 heterocycles. The molecule has 0 aromatic carbocycles. The predicted molar refractivity (Wildman–Crippen MR) is 144 cm³/mol. The van der Waals surface area contributed by atoms with E-state index < -0.39 is 0 Å². The number of likely N-dealkylation sites (tertiary alicyclic amines) is 2. The lowest BCUT2D eigenvalue weighted by atomic mass is 9.91. The van der Waals surface area contributed by atoms with Crippen LogP contribution in [-0.4, -0.2) is 63.7 Å². The lowest BCUT2D eigenvalue weighted by Gasteiger charge is -2.36. The Bertz CT molecular complexity index is 1120. The maximum Gasteiger partial charge on any atom is 0.245 e. The second-order valence-corrected chi connectivity index (χ2v) is 12.8. The number of carbonyl (C=O) groups is 3. The zero-order valence-electron chi connectivity index (χ0n) is 21.7. The van der Waals surface area contributed by atoms with Gasteiger partial charge < -0.3 is 19.5 Å². The molecule has 2 saturated heterocycles. The first-order valence-corrected chi connectivity index (χ1v) is 14.5. The molecule has 0 bridgehead atoms. The molecular formula is C26H35N5O4S2. The molecule has 0 aliphatic carbocycles. The van der Waals surface area contributed by atoms with Crippen LogP contribution in [0, 0.1) is 11.8 Å². The molecule has 37 heavy (non-hydrogen) atoms. The van der Waals surface area contributed by atoms with E-state index in [0.29, 0.717) is 68.6 Å². The Morgan fingerprint density at radius 2 is 1.73 bits per heavy atom. The van der Waals surface area contributed by atoms with Gasteiger partial charge in [0.25, 0.3) is 0 Å². The third-order valence-electron chi connectivity index (χ3n) is 6.85. The number of thiazole rings is 1. The second-order valence-electron chi connectivity index (χ2n) is 10.5. The first kappa shape index (κ1) is 27.4. The average Bonchev–Trinajstić information content (AvgIpc) is 3.56. The van der Waals surface area contributed by atoms with Crippen LogP contribution in [0.2, 0.25) is 0 Å². The number of carbonyl (C=O) groups excluding carboxylic acids is 3. The third-order valence-corrected chi connectivity index (χ3v) is 8.95. The molecule has 2 aliphatic rings. The number of nitrogens with zero attached hydrogens (tertiary/aromatic N) is 4. The van der Waals surface area contributed by atoms with Crippen molar-refractivity contribution in [1.29, 1.82) is 0 Å². The van der Waals surface area contributed by atoms with E-state index in [2.05, 4.69) is 42.6 Å². The van der Waals surface area contributed by atoms with Crippen molar-refractivity contribution in [3.05, 3.63) is 36.7 Å². The van der Waals surface area contributed by atoms with Crippen molar-refractivity contribution in [3.63, 3.8) is 0 Å². The highest BCUT2D eigenvalue weighted by Gasteiger charge is 2.33. The van der Waals surface area contributed by atoms with Crippen LogP contribution in [0.25, 0.3) is 0 Å². The fourth-order valence-corrected chi connectivity index (χ4v) is 6.27. The number of hydrogen-bond donors (Lipinski definition) is 1. The Hall–Kier alpha value is -2.66. The van der Waals surface area contributed by atoms with Gasteiger partial charge in [-0.25, -0.2) is 9.97 Å². The molecule has 0 radical (unpaired) electrons. The van der Waals surface area contributed by atoms with Crippen molar-refractivity contribution in [2.24, 2.45) is 11.8 Å². The van der Waals surface area contributed by atoms with E-state index in [1.807, 2.05) is 4.90 Å². The lowest BCUT2D eigenvalue weighted by Crippen LogP contribution is -2.47. The van der Waals surface area contributed by atoms with Gasteiger partial charge in [-0.05, 0) is 31.8 Å². The summed E-state index contributed by atoms with van der Waals surface area (Å²) in [5.74, 6) is 1.96. The summed E-state index contributed by atoms with van der Waals surface area (Å²) in [4.78, 5) is 49.9. The summed E-state index contributed by atoms with van der Waals surface area (Å²) >= 11 is 3.02. The average molecular weight is 546 g/mol. The topological polar surface area (TPSA) is 109 Å². The Morgan fingerprint density at radius 1 is 1.08 bits per heavy atom. The van der Waals surface area contributed by atoms with E-state index in [1.165, 1.54) is 17.4 Å². The van der Waals surface area contributed by atoms with E-state index in [0.717, 1.165) is 9.97 Å². The van der Waals surface area contributed by atoms with Crippen LogP contribution < -0.4 is 5.32 Å². The highest BCUT2D eigenvalue weighted by Crippen LogP contribution is 2.32. The van der Waals surface area contributed by atoms with Crippen LogP contribution in [0.4, 0.5) is 5.13 Å². The molecule has 2 fully saturated rings. The molecule has 3 amide bonds. The summed E-state index contributed by atoms with van der Waals surface area (Å²) in [7, 11) is 0. The summed E-state index contributed by atoms with van der Waals surface area (Å²) in [5.41, 5.74) is -0.0773. The maximum absolute atomic E-state index is 13.0. The predicted octanol–water partition coefficient (Wildman–Crippen LogP) is 4.32. The Labute approximate surface area is 226 Å². The smallest absolute Gasteiger partial charge is 0.245 e. The van der Waals surface area contributed by atoms with Crippen LogP contribution in [0.15, 0.2) is 33.7 Å². The fraction of sp³-hybridized carbons (Fsp3) is 0.577. The Kier molecular flexibility index (Phi) is 8.74. The zero-order chi connectivity index (χ0) is 26.6. The van der Waals surface area contributed by atoms with Crippen LogP contribution in [0.1, 0.15) is 58.1 Å². The number of piperidine rings is 2. The molecule has 0 saturated carbocycles. The van der Waals surface area contributed by atoms with Crippen molar-refractivity contribution in [3.8, 4) is 0 Å². The van der Waals surface area contributed by atoms with Crippen molar-refractivity contribution in [2.75, 3.05) is 31.5 Å². The van der Waals surface area contributed by atoms with E-state index in [1.54, 1.807) is 29.1 Å². The number of aromatic nitrogens is 2. The lowest BCUT2D eigenvalue weighted by molar-refractivity contribution is -0.141. The number of oxazole rings is 1. The van der Waals surface area contributed by atoms with Gasteiger partial charge in [-0.3, -0.25) is 14.4 Å². The van der Waals surface area contributed by atoms with Gasteiger partial charge in [-0.2, -0.15) is 0 Å². The molecule has 0 atom stereocenters. The first-order valence-electron chi connectivity index (χ1n) is 12.7. The molecule has 2 aromatic heterocycles. The maximum atomic E-state index is 13.0. The standard InChI is InChI=1S/C26H35N5O4S2/c1-5-21(32)30-10-8-18(9-11-30)24(34)31-12-6-17(7-13-31)23(33)29-25-28-15-22(37-25)36-16-20-27-14-19(35-20)26(2,3)4/h5,14-15,17-18H,1,6-13,16H2,2-4H3,(H,28,29,33). The van der Waals surface area contributed by atoms with Crippen molar-refractivity contribution in [1.82, 2.24) is 19.8 Å². The normalized spacial score (nSPS) is 17.6. The monoisotopic (exact) mass is 545 g/mol. The molecule has 0 unspecified atom stereocenters. The summed E-state index contributed by atoms with van der Waals surface area (Å²) in [6.45, 7) is 12.1. The van der Waals surface area contributed by atoms with E-state index in [9.17, 15) is 14.4 Å². The van der Waals surface area contributed by atoms with Gasteiger partial charge in [-0.15, -0.1) is 11.8 Å². The molecule has 2 aromatic rings. The van der Waals surface area contributed by atoms with E-state index in [4.69, 9.17) is 4.42 Å². The first-order chi connectivity index (χ1) is 17.6. The SMILES string of the molecule is C=CC(=O)N1CCC(C(=O)N2CCC(C(=O)Nc3ncc(SCc4ncc(C(C)(C)C)o4)s3)CC2)CC1. The number of rotatable bonds is 7. The Balaban J connectivity index is 1.19. The van der Waals surface area contributed by atoms with Gasteiger partial charge in [0.05, 0.1) is 22.4 Å². The highest BCUT2D eigenvalue weighted by atomic mass is 32.2. The summed E-state index contributed by atoms with van der Waals surface area (Å²) < 4.78 is 6.82.